The fourth-order valence-corrected chi connectivity index (χ4v) is 5.44. The second-order valence-electron chi connectivity index (χ2n) is 7.08. The number of sulfone groups is 1. The summed E-state index contributed by atoms with van der Waals surface area (Å²) in [6, 6.07) is 5.16. The Kier molecular flexibility index (Phi) is 5.79. The summed E-state index contributed by atoms with van der Waals surface area (Å²) >= 11 is 0. The summed E-state index contributed by atoms with van der Waals surface area (Å²) < 4.78 is 23.7. The largest absolute Gasteiger partial charge is 0.335 e. The Bertz CT molecular complexity index is 956. The molecule has 1 amide bonds. The molecule has 1 aliphatic heterocycles. The fourth-order valence-electron chi connectivity index (χ4n) is 3.70. The lowest BCUT2D eigenvalue weighted by molar-refractivity contribution is 0.0697. The normalized spacial score (nSPS) is 18.7. The summed E-state index contributed by atoms with van der Waals surface area (Å²) in [6.07, 6.45) is 2.93. The molecule has 0 spiro atoms. The molecule has 1 fully saturated rings. The average Bonchev–Trinajstić information content (AvgIpc) is 3.03. The van der Waals surface area contributed by atoms with Crippen molar-refractivity contribution < 1.29 is 13.2 Å². The number of amides is 1. The molecule has 0 N–H and O–H groups in total. The zero-order valence-electron chi connectivity index (χ0n) is 16.2. The highest BCUT2D eigenvalue weighted by Gasteiger charge is 2.34. The molecule has 0 unspecified atom stereocenters. The van der Waals surface area contributed by atoms with Crippen LogP contribution in [0.25, 0.3) is 11.0 Å². The van der Waals surface area contributed by atoms with E-state index in [1.165, 1.54) is 0 Å². The maximum Gasteiger partial charge on any atom is 0.254 e. The van der Waals surface area contributed by atoms with Gasteiger partial charge in [0.2, 0.25) is 0 Å². The van der Waals surface area contributed by atoms with Gasteiger partial charge < -0.3 is 4.90 Å². The van der Waals surface area contributed by atoms with Crippen molar-refractivity contribution in [2.24, 2.45) is 0 Å². The number of aryl methyl sites for hydroxylation is 2. The summed E-state index contributed by atoms with van der Waals surface area (Å²) in [5.74, 6) is 0.0975. The highest BCUT2D eigenvalue weighted by molar-refractivity contribution is 7.91. The molecule has 1 aromatic carbocycles. The number of aromatic nitrogens is 2. The molecule has 6 nitrogen and oxygen atoms in total. The predicted molar refractivity (Wildman–Crippen MR) is 107 cm³/mol. The van der Waals surface area contributed by atoms with Crippen LogP contribution in [-0.4, -0.2) is 53.3 Å². The first kappa shape index (κ1) is 19.7. The number of hydrogen-bond acceptors (Lipinski definition) is 5. The Hall–Kier alpha value is -2.02. The number of fused-ring (bicyclic) bond motifs is 1. The van der Waals surface area contributed by atoms with Crippen LogP contribution in [-0.2, 0) is 22.7 Å². The molecule has 2 heterocycles. The van der Waals surface area contributed by atoms with Gasteiger partial charge in [0, 0.05) is 18.2 Å². The van der Waals surface area contributed by atoms with E-state index in [-0.39, 0.29) is 23.5 Å². The Balaban J connectivity index is 1.95. The van der Waals surface area contributed by atoms with E-state index in [2.05, 4.69) is 11.9 Å². The molecule has 7 heteroatoms. The molecule has 3 rings (SSSR count). The lowest BCUT2D eigenvalue weighted by Crippen LogP contribution is -2.41. The summed E-state index contributed by atoms with van der Waals surface area (Å²) in [4.78, 5) is 24.2. The van der Waals surface area contributed by atoms with Gasteiger partial charge in [-0.1, -0.05) is 20.8 Å². The molecule has 1 aliphatic rings. The first-order valence-corrected chi connectivity index (χ1v) is 11.5. The molecule has 146 valence electrons. The third-order valence-electron chi connectivity index (χ3n) is 5.11. The Morgan fingerprint density at radius 3 is 2.33 bits per heavy atom. The Labute approximate surface area is 160 Å². The van der Waals surface area contributed by atoms with Gasteiger partial charge in [0.15, 0.2) is 9.84 Å². The van der Waals surface area contributed by atoms with Crippen molar-refractivity contribution in [3.05, 3.63) is 35.2 Å². The summed E-state index contributed by atoms with van der Waals surface area (Å²) in [5.41, 5.74) is 3.99. The molecule has 0 radical (unpaired) electrons. The quantitative estimate of drug-likeness (QED) is 0.759. The number of hydrogen-bond donors (Lipinski definition) is 0. The zero-order valence-corrected chi connectivity index (χ0v) is 17.1. The average molecular weight is 390 g/mol. The summed E-state index contributed by atoms with van der Waals surface area (Å²) in [6.45, 7) is 6.66. The van der Waals surface area contributed by atoms with Gasteiger partial charge in [-0.15, -0.1) is 0 Å². The minimum Gasteiger partial charge on any atom is -0.335 e. The van der Waals surface area contributed by atoms with E-state index in [0.717, 1.165) is 36.2 Å². The van der Waals surface area contributed by atoms with Crippen molar-refractivity contribution in [1.82, 2.24) is 14.9 Å². The number of nitrogens with zero attached hydrogens (tertiary/aromatic N) is 3. The van der Waals surface area contributed by atoms with E-state index in [0.29, 0.717) is 24.0 Å². The van der Waals surface area contributed by atoms with Crippen LogP contribution >= 0.6 is 0 Å². The first-order valence-electron chi connectivity index (χ1n) is 9.69. The van der Waals surface area contributed by atoms with Crippen molar-refractivity contribution in [3.8, 4) is 0 Å². The standard InChI is InChI=1S/C20H27N3O3S/c1-4-10-23(15-9-11-27(25,26)13-15)20(24)14-7-8-18-19(12-14)22-17(6-3)16(5-2)21-18/h7-8,12,15H,4-6,9-11,13H2,1-3H3/t15-/m1/s1. The second kappa shape index (κ2) is 7.92. The molecule has 1 saturated heterocycles. The Morgan fingerprint density at radius 2 is 1.78 bits per heavy atom. The molecular weight excluding hydrogens is 362 g/mol. The van der Waals surface area contributed by atoms with Crippen LogP contribution in [0.3, 0.4) is 0 Å². The van der Waals surface area contributed by atoms with E-state index in [1.54, 1.807) is 17.0 Å². The van der Waals surface area contributed by atoms with Crippen LogP contribution < -0.4 is 0 Å². The lowest BCUT2D eigenvalue weighted by atomic mass is 10.1. The van der Waals surface area contributed by atoms with E-state index < -0.39 is 9.84 Å². The number of carbonyl (C=O) groups excluding carboxylic acids is 1. The first-order chi connectivity index (χ1) is 12.9. The third-order valence-corrected chi connectivity index (χ3v) is 6.86. The van der Waals surface area contributed by atoms with E-state index in [1.807, 2.05) is 19.9 Å². The molecule has 1 aromatic heterocycles. The van der Waals surface area contributed by atoms with Crippen molar-refractivity contribution in [1.29, 1.82) is 0 Å². The van der Waals surface area contributed by atoms with Gasteiger partial charge in [-0.2, -0.15) is 0 Å². The molecule has 1 atom stereocenters. The highest BCUT2D eigenvalue weighted by Crippen LogP contribution is 2.22. The zero-order chi connectivity index (χ0) is 19.6. The Morgan fingerprint density at radius 1 is 1.11 bits per heavy atom. The van der Waals surface area contributed by atoms with Crippen LogP contribution in [0.15, 0.2) is 18.2 Å². The van der Waals surface area contributed by atoms with Crippen LogP contribution in [0.2, 0.25) is 0 Å². The van der Waals surface area contributed by atoms with Gasteiger partial charge in [-0.3, -0.25) is 4.79 Å². The minimum atomic E-state index is -3.04. The van der Waals surface area contributed by atoms with Gasteiger partial charge in [-0.25, -0.2) is 18.4 Å². The van der Waals surface area contributed by atoms with Crippen molar-refractivity contribution in [2.45, 2.75) is 52.5 Å². The smallest absolute Gasteiger partial charge is 0.254 e. The lowest BCUT2D eigenvalue weighted by Gasteiger charge is -2.28. The van der Waals surface area contributed by atoms with Crippen molar-refractivity contribution in [3.63, 3.8) is 0 Å². The summed E-state index contributed by atoms with van der Waals surface area (Å²) in [7, 11) is -3.04. The van der Waals surface area contributed by atoms with E-state index in [4.69, 9.17) is 4.98 Å². The topological polar surface area (TPSA) is 80.2 Å². The second-order valence-corrected chi connectivity index (χ2v) is 9.31. The minimum absolute atomic E-state index is 0.0615. The highest BCUT2D eigenvalue weighted by atomic mass is 32.2. The third kappa shape index (κ3) is 4.13. The van der Waals surface area contributed by atoms with Gasteiger partial charge in [-0.05, 0) is 43.9 Å². The van der Waals surface area contributed by atoms with E-state index >= 15 is 0 Å². The maximum atomic E-state index is 13.1. The number of carbonyl (C=O) groups is 1. The van der Waals surface area contributed by atoms with Gasteiger partial charge in [0.25, 0.3) is 5.91 Å². The van der Waals surface area contributed by atoms with Crippen LogP contribution in [0.1, 0.15) is 55.4 Å². The van der Waals surface area contributed by atoms with E-state index in [9.17, 15) is 13.2 Å². The van der Waals surface area contributed by atoms with Crippen molar-refractivity contribution in [2.75, 3.05) is 18.1 Å². The molecule has 27 heavy (non-hydrogen) atoms. The van der Waals surface area contributed by atoms with Crippen molar-refractivity contribution >= 4 is 26.8 Å². The predicted octanol–water partition coefficient (Wildman–Crippen LogP) is 2.79. The fraction of sp³-hybridized carbons (Fsp3) is 0.550. The summed E-state index contributed by atoms with van der Waals surface area (Å²) in [5, 5.41) is 0. The van der Waals surface area contributed by atoms with Crippen LogP contribution in [0.4, 0.5) is 0 Å². The van der Waals surface area contributed by atoms with Crippen LogP contribution in [0, 0.1) is 0 Å². The van der Waals surface area contributed by atoms with Gasteiger partial charge in [0.05, 0.1) is 33.9 Å². The molecule has 0 bridgehead atoms. The van der Waals surface area contributed by atoms with Crippen LogP contribution in [0.5, 0.6) is 0 Å². The van der Waals surface area contributed by atoms with Gasteiger partial charge >= 0.3 is 0 Å². The molecule has 0 aliphatic carbocycles. The molecule has 2 aromatic rings. The van der Waals surface area contributed by atoms with Gasteiger partial charge in [0.1, 0.15) is 0 Å². The monoisotopic (exact) mass is 389 g/mol. The molecular formula is C20H27N3O3S. The maximum absolute atomic E-state index is 13.1. The molecule has 0 saturated carbocycles. The number of benzene rings is 1. The number of rotatable bonds is 6. The SMILES string of the molecule is CCCN(C(=O)c1ccc2nc(CC)c(CC)nc2c1)[C@@H]1CCS(=O)(=O)C1.